The first-order valence-corrected chi connectivity index (χ1v) is 6.92. The highest BCUT2D eigenvalue weighted by atomic mass is 35.5. The number of carbonyl (C=O) groups excluding carboxylic acids is 1. The first kappa shape index (κ1) is 15.8. The average molecular weight is 284 g/mol. The van der Waals surface area contributed by atoms with Crippen molar-refractivity contribution in [3.05, 3.63) is 29.8 Å². The molecule has 0 heterocycles. The van der Waals surface area contributed by atoms with Gasteiger partial charge in [-0.2, -0.15) is 0 Å². The van der Waals surface area contributed by atoms with E-state index in [0.29, 0.717) is 17.2 Å². The van der Waals surface area contributed by atoms with Crippen molar-refractivity contribution in [2.24, 2.45) is 0 Å². The second-order valence-electron chi connectivity index (χ2n) is 5.50. The third-order valence-corrected chi connectivity index (χ3v) is 3.65. The molecule has 0 aliphatic heterocycles. The topological polar surface area (TPSA) is 29.5 Å². The van der Waals surface area contributed by atoms with Crippen LogP contribution in [0.2, 0.25) is 0 Å². The quantitative estimate of drug-likeness (QED) is 0.773. The zero-order chi connectivity index (χ0) is 14.6. The van der Waals surface area contributed by atoms with Crippen LogP contribution in [0.4, 0.5) is 0 Å². The van der Waals surface area contributed by atoms with E-state index in [2.05, 4.69) is 0 Å². The summed E-state index contributed by atoms with van der Waals surface area (Å²) in [6.07, 6.45) is 0.0855. The number of nitrogens with zero attached hydrogens (tertiary/aromatic N) is 1. The molecule has 0 atom stereocenters. The molecule has 4 heteroatoms. The maximum atomic E-state index is 12.4. The monoisotopic (exact) mass is 283 g/mol. The van der Waals surface area contributed by atoms with Gasteiger partial charge in [-0.1, -0.05) is 6.07 Å². The number of alkyl halides is 1. The number of halogens is 1. The Kier molecular flexibility index (Phi) is 5.24. The van der Waals surface area contributed by atoms with Crippen LogP contribution in [0, 0.1) is 0 Å². The molecule has 3 nitrogen and oxygen atoms in total. The first-order chi connectivity index (χ1) is 8.77. The SMILES string of the molecule is CC(C)Oc1cccc(C(=O)N(C)C(C)(C)CCl)c1. The van der Waals surface area contributed by atoms with Crippen LogP contribution >= 0.6 is 11.6 Å². The van der Waals surface area contributed by atoms with E-state index in [1.165, 1.54) is 0 Å². The van der Waals surface area contributed by atoms with Crippen LogP contribution in [0.25, 0.3) is 0 Å². The van der Waals surface area contributed by atoms with Gasteiger partial charge in [0, 0.05) is 18.5 Å². The highest BCUT2D eigenvalue weighted by Crippen LogP contribution is 2.20. The summed E-state index contributed by atoms with van der Waals surface area (Å²) in [5, 5.41) is 0. The van der Waals surface area contributed by atoms with E-state index >= 15 is 0 Å². The summed E-state index contributed by atoms with van der Waals surface area (Å²) >= 11 is 5.90. The summed E-state index contributed by atoms with van der Waals surface area (Å²) in [7, 11) is 1.76. The lowest BCUT2D eigenvalue weighted by atomic mass is 10.0. The molecule has 1 rings (SSSR count). The number of hydrogen-bond donors (Lipinski definition) is 0. The van der Waals surface area contributed by atoms with Gasteiger partial charge in [-0.05, 0) is 45.9 Å². The van der Waals surface area contributed by atoms with Crippen molar-refractivity contribution in [1.29, 1.82) is 0 Å². The Bertz CT molecular complexity index is 444. The van der Waals surface area contributed by atoms with Gasteiger partial charge in [-0.25, -0.2) is 0 Å². The minimum absolute atomic E-state index is 0.0557. The molecule has 1 aromatic rings. The van der Waals surface area contributed by atoms with E-state index in [1.54, 1.807) is 24.1 Å². The molecule has 0 aliphatic carbocycles. The summed E-state index contributed by atoms with van der Waals surface area (Å²) in [6, 6.07) is 7.23. The van der Waals surface area contributed by atoms with Crippen molar-refractivity contribution < 1.29 is 9.53 Å². The highest BCUT2D eigenvalue weighted by molar-refractivity contribution is 6.18. The van der Waals surface area contributed by atoms with E-state index in [-0.39, 0.29) is 17.6 Å². The van der Waals surface area contributed by atoms with E-state index in [0.717, 1.165) is 0 Å². The Morgan fingerprint density at radius 3 is 2.58 bits per heavy atom. The molecular formula is C15H22ClNO2. The van der Waals surface area contributed by atoms with Gasteiger partial charge in [0.05, 0.1) is 11.6 Å². The zero-order valence-electron chi connectivity index (χ0n) is 12.2. The number of hydrogen-bond acceptors (Lipinski definition) is 2. The molecule has 0 saturated carbocycles. The predicted octanol–water partition coefficient (Wildman–Crippen LogP) is 3.56. The van der Waals surface area contributed by atoms with Gasteiger partial charge in [-0.15, -0.1) is 11.6 Å². The minimum Gasteiger partial charge on any atom is -0.491 e. The molecule has 0 spiro atoms. The Hall–Kier alpha value is -1.22. The van der Waals surface area contributed by atoms with Crippen LogP contribution in [0.3, 0.4) is 0 Å². The maximum absolute atomic E-state index is 12.4. The molecule has 0 N–H and O–H groups in total. The lowest BCUT2D eigenvalue weighted by Gasteiger charge is -2.34. The van der Waals surface area contributed by atoms with E-state index in [4.69, 9.17) is 16.3 Å². The average Bonchev–Trinajstić information content (AvgIpc) is 2.36. The summed E-state index contributed by atoms with van der Waals surface area (Å²) in [5.41, 5.74) is 0.229. The van der Waals surface area contributed by atoms with Crippen LogP contribution in [-0.4, -0.2) is 35.4 Å². The van der Waals surface area contributed by atoms with Crippen molar-refractivity contribution in [1.82, 2.24) is 4.90 Å². The van der Waals surface area contributed by atoms with Crippen LogP contribution < -0.4 is 4.74 Å². The first-order valence-electron chi connectivity index (χ1n) is 6.39. The predicted molar refractivity (Wildman–Crippen MR) is 79.1 cm³/mol. The number of benzene rings is 1. The number of carbonyl (C=O) groups is 1. The lowest BCUT2D eigenvalue weighted by Crippen LogP contribution is -2.46. The smallest absolute Gasteiger partial charge is 0.254 e. The van der Waals surface area contributed by atoms with Crippen molar-refractivity contribution in [2.45, 2.75) is 39.3 Å². The van der Waals surface area contributed by atoms with Gasteiger partial charge in [0.25, 0.3) is 5.91 Å². The molecule has 106 valence electrons. The normalized spacial score (nSPS) is 11.5. The summed E-state index contributed by atoms with van der Waals surface area (Å²) in [6.45, 7) is 7.78. The number of rotatable bonds is 5. The largest absolute Gasteiger partial charge is 0.491 e. The second kappa shape index (κ2) is 6.29. The molecule has 0 radical (unpaired) electrons. The van der Waals surface area contributed by atoms with Crippen molar-refractivity contribution in [3.63, 3.8) is 0 Å². The number of ether oxygens (including phenoxy) is 1. The molecule has 0 aromatic heterocycles. The van der Waals surface area contributed by atoms with Crippen molar-refractivity contribution >= 4 is 17.5 Å². The Morgan fingerprint density at radius 2 is 2.05 bits per heavy atom. The van der Waals surface area contributed by atoms with Gasteiger partial charge in [0.15, 0.2) is 0 Å². The van der Waals surface area contributed by atoms with Gasteiger partial charge in [-0.3, -0.25) is 4.79 Å². The minimum atomic E-state index is -0.381. The van der Waals surface area contributed by atoms with Crippen LogP contribution in [0.5, 0.6) is 5.75 Å². The lowest BCUT2D eigenvalue weighted by molar-refractivity contribution is 0.0659. The highest BCUT2D eigenvalue weighted by Gasteiger charge is 2.27. The van der Waals surface area contributed by atoms with Crippen molar-refractivity contribution in [3.8, 4) is 5.75 Å². The maximum Gasteiger partial charge on any atom is 0.254 e. The second-order valence-corrected chi connectivity index (χ2v) is 5.77. The van der Waals surface area contributed by atoms with E-state index in [1.807, 2.05) is 39.8 Å². The Morgan fingerprint density at radius 1 is 1.42 bits per heavy atom. The van der Waals surface area contributed by atoms with Gasteiger partial charge in [0.1, 0.15) is 5.75 Å². The Balaban J connectivity index is 2.94. The van der Waals surface area contributed by atoms with Crippen molar-refractivity contribution in [2.75, 3.05) is 12.9 Å². The molecule has 1 amide bonds. The zero-order valence-corrected chi connectivity index (χ0v) is 13.0. The molecular weight excluding hydrogens is 262 g/mol. The van der Waals surface area contributed by atoms with Crippen LogP contribution in [-0.2, 0) is 0 Å². The fourth-order valence-electron chi connectivity index (χ4n) is 1.53. The molecule has 0 saturated heterocycles. The molecule has 0 unspecified atom stereocenters. The third-order valence-electron chi connectivity index (χ3n) is 2.99. The van der Waals surface area contributed by atoms with Gasteiger partial charge >= 0.3 is 0 Å². The van der Waals surface area contributed by atoms with E-state index in [9.17, 15) is 4.79 Å². The summed E-state index contributed by atoms with van der Waals surface area (Å²) in [5.74, 6) is 1.04. The van der Waals surface area contributed by atoms with Gasteiger partial charge < -0.3 is 9.64 Å². The van der Waals surface area contributed by atoms with E-state index < -0.39 is 0 Å². The third kappa shape index (κ3) is 4.13. The fraction of sp³-hybridized carbons (Fsp3) is 0.533. The molecule has 0 aliphatic rings. The molecule has 1 aromatic carbocycles. The summed E-state index contributed by atoms with van der Waals surface area (Å²) in [4.78, 5) is 14.1. The summed E-state index contributed by atoms with van der Waals surface area (Å²) < 4.78 is 5.60. The standard InChI is InChI=1S/C15H22ClNO2/c1-11(2)19-13-8-6-7-12(9-13)14(18)17(5)15(3,4)10-16/h6-9,11H,10H2,1-5H3. The van der Waals surface area contributed by atoms with Crippen LogP contribution in [0.15, 0.2) is 24.3 Å². The van der Waals surface area contributed by atoms with Gasteiger partial charge in [0.2, 0.25) is 0 Å². The van der Waals surface area contributed by atoms with Crippen LogP contribution in [0.1, 0.15) is 38.1 Å². The fourth-order valence-corrected chi connectivity index (χ4v) is 1.71. The molecule has 19 heavy (non-hydrogen) atoms. The molecule has 0 bridgehead atoms. The number of amides is 1. The Labute approximate surface area is 120 Å². The molecule has 0 fully saturated rings.